The van der Waals surface area contributed by atoms with Gasteiger partial charge in [-0.25, -0.2) is 0 Å². The molecule has 2 aromatic carbocycles. The van der Waals surface area contributed by atoms with Crippen molar-refractivity contribution < 1.29 is 14.3 Å². The second kappa shape index (κ2) is 9.20. The van der Waals surface area contributed by atoms with Gasteiger partial charge >= 0.3 is 5.97 Å². The molecule has 1 aliphatic heterocycles. The molecule has 1 heterocycles. The number of carbonyl (C=O) groups is 1. The van der Waals surface area contributed by atoms with Crippen LogP contribution in [0.25, 0.3) is 10.8 Å². The first kappa shape index (κ1) is 22.1. The monoisotopic (exact) mass is 423 g/mol. The summed E-state index contributed by atoms with van der Waals surface area (Å²) in [6, 6.07) is 12.9. The van der Waals surface area contributed by atoms with Crippen LogP contribution in [0.2, 0.25) is 0 Å². The lowest BCUT2D eigenvalue weighted by Crippen LogP contribution is -2.36. The summed E-state index contributed by atoms with van der Waals surface area (Å²) in [5, 5.41) is 2.42. The van der Waals surface area contributed by atoms with E-state index in [2.05, 4.69) is 62.1 Å². The van der Waals surface area contributed by atoms with Gasteiger partial charge in [-0.2, -0.15) is 0 Å². The maximum atomic E-state index is 12.0. The average Bonchev–Trinajstić information content (AvgIpc) is 3.21. The van der Waals surface area contributed by atoms with Crippen molar-refractivity contribution in [3.8, 4) is 5.75 Å². The van der Waals surface area contributed by atoms with E-state index < -0.39 is 0 Å². The Morgan fingerprint density at radius 3 is 2.42 bits per heavy atom. The van der Waals surface area contributed by atoms with Gasteiger partial charge in [-0.3, -0.25) is 9.69 Å². The van der Waals surface area contributed by atoms with E-state index in [1.165, 1.54) is 36.3 Å². The van der Waals surface area contributed by atoms with Gasteiger partial charge in [-0.15, -0.1) is 0 Å². The molecule has 2 aromatic rings. The predicted octanol–water partition coefficient (Wildman–Crippen LogP) is 5.96. The number of rotatable bonds is 5. The van der Waals surface area contributed by atoms with Crippen molar-refractivity contribution in [2.45, 2.75) is 78.0 Å². The van der Waals surface area contributed by atoms with E-state index in [4.69, 9.17) is 9.47 Å². The first-order valence-corrected chi connectivity index (χ1v) is 11.8. The van der Waals surface area contributed by atoms with Gasteiger partial charge in [0.1, 0.15) is 11.8 Å². The maximum absolute atomic E-state index is 12.0. The summed E-state index contributed by atoms with van der Waals surface area (Å²) in [7, 11) is 1.48. The van der Waals surface area contributed by atoms with E-state index in [-0.39, 0.29) is 12.0 Å². The van der Waals surface area contributed by atoms with Crippen molar-refractivity contribution in [2.24, 2.45) is 11.3 Å². The summed E-state index contributed by atoms with van der Waals surface area (Å²) in [4.78, 5) is 14.3. The third-order valence-corrected chi connectivity index (χ3v) is 7.30. The number of hydrogen-bond acceptors (Lipinski definition) is 4. The van der Waals surface area contributed by atoms with Crippen LogP contribution < -0.4 is 4.74 Å². The third kappa shape index (κ3) is 5.23. The summed E-state index contributed by atoms with van der Waals surface area (Å²) in [6.45, 7) is 8.80. The number of hydrogen-bond donors (Lipinski definition) is 0. The molecule has 2 fully saturated rings. The molecule has 0 amide bonds. The molecular formula is C27H37NO3. The van der Waals surface area contributed by atoms with E-state index in [1.807, 2.05) is 0 Å². The Kier molecular flexibility index (Phi) is 6.57. The highest BCUT2D eigenvalue weighted by molar-refractivity contribution is 5.84. The lowest BCUT2D eigenvalue weighted by Gasteiger charge is -2.37. The second-order valence-corrected chi connectivity index (χ2v) is 10.5. The van der Waals surface area contributed by atoms with Gasteiger partial charge in [-0.05, 0) is 90.9 Å². The van der Waals surface area contributed by atoms with E-state index in [1.54, 1.807) is 0 Å². The lowest BCUT2D eigenvalue weighted by atomic mass is 9.72. The molecule has 4 heteroatoms. The fraction of sp³-hybridized carbons (Fsp3) is 0.593. The van der Waals surface area contributed by atoms with Gasteiger partial charge in [0, 0.05) is 6.54 Å². The molecule has 31 heavy (non-hydrogen) atoms. The summed E-state index contributed by atoms with van der Waals surface area (Å²) < 4.78 is 11.3. The van der Waals surface area contributed by atoms with Crippen molar-refractivity contribution in [1.29, 1.82) is 0 Å². The SMILES string of the molecule is COC(=O)C1CCCN1Cc1ccc2cc(O[C@H]3CC[C@H](C(C)(C)C)CC3)ccc2c1. The molecule has 0 bridgehead atoms. The molecule has 0 spiro atoms. The standard InChI is InChI=1S/C27H37NO3/c1-27(2,3)22-10-13-23(14-11-22)31-24-12-9-20-16-19(7-8-21(20)17-24)18-28-15-5-6-25(28)26(29)30-4/h7-9,12,16-17,22-23,25H,5-6,10-11,13-15,18H2,1-4H3/t22-,23-,25?. The highest BCUT2D eigenvalue weighted by atomic mass is 16.5. The normalized spacial score (nSPS) is 25.0. The van der Waals surface area contributed by atoms with Crippen LogP contribution in [0, 0.1) is 11.3 Å². The van der Waals surface area contributed by atoms with Gasteiger partial charge in [-0.1, -0.05) is 39.0 Å². The van der Waals surface area contributed by atoms with E-state index in [9.17, 15) is 4.79 Å². The van der Waals surface area contributed by atoms with Crippen LogP contribution >= 0.6 is 0 Å². The van der Waals surface area contributed by atoms with Crippen LogP contribution in [0.15, 0.2) is 36.4 Å². The molecule has 4 nitrogen and oxygen atoms in total. The number of fused-ring (bicyclic) bond motifs is 1. The number of carbonyl (C=O) groups excluding carboxylic acids is 1. The van der Waals surface area contributed by atoms with Gasteiger partial charge in [0.05, 0.1) is 13.2 Å². The Labute approximate surface area is 186 Å². The molecule has 1 aliphatic carbocycles. The van der Waals surface area contributed by atoms with Crippen LogP contribution in [0.3, 0.4) is 0 Å². The highest BCUT2D eigenvalue weighted by Gasteiger charge is 2.32. The minimum Gasteiger partial charge on any atom is -0.490 e. The van der Waals surface area contributed by atoms with Crippen LogP contribution in [0.4, 0.5) is 0 Å². The minimum absolute atomic E-state index is 0.107. The van der Waals surface area contributed by atoms with Crippen LogP contribution in [-0.4, -0.2) is 36.7 Å². The van der Waals surface area contributed by atoms with E-state index >= 15 is 0 Å². The number of ether oxygens (including phenoxy) is 2. The molecular weight excluding hydrogens is 386 g/mol. The van der Waals surface area contributed by atoms with Crippen molar-refractivity contribution in [3.63, 3.8) is 0 Å². The average molecular weight is 424 g/mol. The smallest absolute Gasteiger partial charge is 0.323 e. The van der Waals surface area contributed by atoms with Crippen LogP contribution in [0.5, 0.6) is 5.75 Å². The summed E-state index contributed by atoms with van der Waals surface area (Å²) in [5.74, 6) is 1.66. The fourth-order valence-corrected chi connectivity index (χ4v) is 5.34. The largest absolute Gasteiger partial charge is 0.490 e. The number of nitrogens with zero attached hydrogens (tertiary/aromatic N) is 1. The minimum atomic E-state index is -0.114. The molecule has 168 valence electrons. The molecule has 4 rings (SSSR count). The van der Waals surface area contributed by atoms with E-state index in [0.29, 0.717) is 11.5 Å². The Morgan fingerprint density at radius 1 is 1.00 bits per heavy atom. The van der Waals surface area contributed by atoms with E-state index in [0.717, 1.165) is 50.4 Å². The highest BCUT2D eigenvalue weighted by Crippen LogP contribution is 2.39. The summed E-state index contributed by atoms with van der Waals surface area (Å²) in [6.07, 6.45) is 7.08. The third-order valence-electron chi connectivity index (χ3n) is 7.30. The number of likely N-dealkylation sites (tertiary alicyclic amines) is 1. The maximum Gasteiger partial charge on any atom is 0.323 e. The number of methoxy groups -OCH3 is 1. The van der Waals surface area contributed by atoms with Gasteiger partial charge in [0.2, 0.25) is 0 Å². The van der Waals surface area contributed by atoms with Crippen molar-refractivity contribution in [2.75, 3.05) is 13.7 Å². The molecule has 1 saturated carbocycles. The second-order valence-electron chi connectivity index (χ2n) is 10.5. The molecule has 0 aromatic heterocycles. The number of benzene rings is 2. The first-order chi connectivity index (χ1) is 14.8. The zero-order valence-electron chi connectivity index (χ0n) is 19.5. The zero-order valence-corrected chi connectivity index (χ0v) is 19.5. The van der Waals surface area contributed by atoms with Crippen LogP contribution in [-0.2, 0) is 16.1 Å². The van der Waals surface area contributed by atoms with Crippen molar-refractivity contribution in [3.05, 3.63) is 42.0 Å². The Morgan fingerprint density at radius 2 is 1.71 bits per heavy atom. The fourth-order valence-electron chi connectivity index (χ4n) is 5.34. The molecule has 0 N–H and O–H groups in total. The van der Waals surface area contributed by atoms with Gasteiger partial charge in [0.15, 0.2) is 0 Å². The first-order valence-electron chi connectivity index (χ1n) is 11.8. The molecule has 1 unspecified atom stereocenters. The predicted molar refractivity (Wildman–Crippen MR) is 125 cm³/mol. The quantitative estimate of drug-likeness (QED) is 0.556. The lowest BCUT2D eigenvalue weighted by molar-refractivity contribution is -0.146. The Hall–Kier alpha value is -2.07. The molecule has 0 radical (unpaired) electrons. The molecule has 1 atom stereocenters. The van der Waals surface area contributed by atoms with Crippen LogP contribution in [0.1, 0.15) is 64.9 Å². The summed E-state index contributed by atoms with van der Waals surface area (Å²) in [5.41, 5.74) is 1.63. The summed E-state index contributed by atoms with van der Waals surface area (Å²) >= 11 is 0. The number of esters is 1. The Balaban J connectivity index is 1.39. The zero-order chi connectivity index (χ0) is 22.0. The topological polar surface area (TPSA) is 38.8 Å². The van der Waals surface area contributed by atoms with Crippen molar-refractivity contribution >= 4 is 16.7 Å². The molecule has 2 aliphatic rings. The van der Waals surface area contributed by atoms with Crippen molar-refractivity contribution in [1.82, 2.24) is 4.90 Å². The van der Waals surface area contributed by atoms with Gasteiger partial charge < -0.3 is 9.47 Å². The molecule has 1 saturated heterocycles. The Bertz CT molecular complexity index is 908. The van der Waals surface area contributed by atoms with Gasteiger partial charge in [0.25, 0.3) is 0 Å².